The first-order valence-corrected chi connectivity index (χ1v) is 10.8. The molecular formula is C23H25NO3S. The molecule has 1 N–H and O–H groups in total. The van der Waals surface area contributed by atoms with Gasteiger partial charge in [0.05, 0.1) is 17.5 Å². The molecule has 0 spiro atoms. The Labute approximate surface area is 167 Å². The van der Waals surface area contributed by atoms with Crippen molar-refractivity contribution in [1.82, 2.24) is 4.72 Å². The molecule has 0 saturated carbocycles. The number of benzene rings is 3. The van der Waals surface area contributed by atoms with Crippen LogP contribution < -0.4 is 9.46 Å². The number of sulfonamides is 1. The topological polar surface area (TPSA) is 55.4 Å². The molecule has 0 heterocycles. The van der Waals surface area contributed by atoms with Crippen LogP contribution in [0.2, 0.25) is 0 Å². The first kappa shape index (κ1) is 20.1. The molecule has 4 nitrogen and oxygen atoms in total. The van der Waals surface area contributed by atoms with Gasteiger partial charge in [-0.1, -0.05) is 66.2 Å². The molecule has 28 heavy (non-hydrogen) atoms. The SMILES string of the molecule is Cc1ccc(S(=O)(=O)NC(CCOc2ccccc2C)c2ccccc2)cc1. The summed E-state index contributed by atoms with van der Waals surface area (Å²) in [5, 5.41) is 0. The molecule has 0 bridgehead atoms. The van der Waals surface area contributed by atoms with Gasteiger partial charge >= 0.3 is 0 Å². The van der Waals surface area contributed by atoms with Gasteiger partial charge in [0.25, 0.3) is 0 Å². The monoisotopic (exact) mass is 395 g/mol. The molecule has 0 fully saturated rings. The fourth-order valence-corrected chi connectivity index (χ4v) is 4.22. The smallest absolute Gasteiger partial charge is 0.241 e. The van der Waals surface area contributed by atoms with E-state index in [1.54, 1.807) is 24.3 Å². The zero-order valence-electron chi connectivity index (χ0n) is 16.1. The van der Waals surface area contributed by atoms with Gasteiger partial charge in [0.15, 0.2) is 0 Å². The van der Waals surface area contributed by atoms with Crippen molar-refractivity contribution in [2.75, 3.05) is 6.61 Å². The quantitative estimate of drug-likeness (QED) is 0.596. The van der Waals surface area contributed by atoms with Gasteiger partial charge in [-0.3, -0.25) is 0 Å². The zero-order chi connectivity index (χ0) is 20.0. The molecule has 0 aliphatic heterocycles. The largest absolute Gasteiger partial charge is 0.493 e. The highest BCUT2D eigenvalue weighted by atomic mass is 32.2. The lowest BCUT2D eigenvalue weighted by molar-refractivity contribution is 0.292. The molecule has 0 saturated heterocycles. The van der Waals surface area contributed by atoms with Gasteiger partial charge in [0.1, 0.15) is 5.75 Å². The van der Waals surface area contributed by atoms with Crippen molar-refractivity contribution >= 4 is 10.0 Å². The highest BCUT2D eigenvalue weighted by Crippen LogP contribution is 2.22. The van der Waals surface area contributed by atoms with Crippen LogP contribution in [-0.4, -0.2) is 15.0 Å². The highest BCUT2D eigenvalue weighted by Gasteiger charge is 2.21. The second-order valence-electron chi connectivity index (χ2n) is 6.80. The Morgan fingerprint density at radius 2 is 1.50 bits per heavy atom. The lowest BCUT2D eigenvalue weighted by Gasteiger charge is -2.20. The number of hydrogen-bond acceptors (Lipinski definition) is 3. The Morgan fingerprint density at radius 1 is 0.857 bits per heavy atom. The maximum absolute atomic E-state index is 12.9. The average Bonchev–Trinajstić information content (AvgIpc) is 2.69. The Bertz CT molecular complexity index is 1000. The Balaban J connectivity index is 1.76. The molecule has 0 radical (unpaired) electrons. The third-order valence-corrected chi connectivity index (χ3v) is 6.08. The van der Waals surface area contributed by atoms with Crippen molar-refractivity contribution in [2.45, 2.75) is 31.2 Å². The minimum Gasteiger partial charge on any atom is -0.493 e. The number of ether oxygens (including phenoxy) is 1. The Morgan fingerprint density at radius 3 is 2.18 bits per heavy atom. The molecule has 1 atom stereocenters. The van der Waals surface area contributed by atoms with Crippen molar-refractivity contribution < 1.29 is 13.2 Å². The standard InChI is InChI=1S/C23H25NO3S/c1-18-12-14-21(15-13-18)28(25,26)24-22(20-9-4-3-5-10-20)16-17-27-23-11-7-6-8-19(23)2/h3-15,22,24H,16-17H2,1-2H3. The van der Waals surface area contributed by atoms with E-state index in [1.165, 1.54) is 0 Å². The van der Waals surface area contributed by atoms with E-state index in [0.29, 0.717) is 13.0 Å². The number of nitrogens with one attached hydrogen (secondary N) is 1. The van der Waals surface area contributed by atoms with E-state index in [-0.39, 0.29) is 10.9 Å². The third-order valence-electron chi connectivity index (χ3n) is 4.59. The van der Waals surface area contributed by atoms with E-state index in [0.717, 1.165) is 22.4 Å². The molecule has 3 aromatic rings. The number of aryl methyl sites for hydroxylation is 2. The van der Waals surface area contributed by atoms with Crippen LogP contribution in [0.1, 0.15) is 29.2 Å². The summed E-state index contributed by atoms with van der Waals surface area (Å²) in [6.45, 7) is 4.32. The molecule has 3 aromatic carbocycles. The van der Waals surface area contributed by atoms with Gasteiger partial charge in [0, 0.05) is 6.42 Å². The third kappa shape index (κ3) is 5.21. The summed E-state index contributed by atoms with van der Waals surface area (Å²) in [5.74, 6) is 0.815. The van der Waals surface area contributed by atoms with E-state index in [1.807, 2.05) is 68.4 Å². The van der Waals surface area contributed by atoms with Crippen molar-refractivity contribution in [1.29, 1.82) is 0 Å². The van der Waals surface area contributed by atoms with Crippen LogP contribution in [0.3, 0.4) is 0 Å². The molecule has 1 unspecified atom stereocenters. The molecule has 0 aliphatic carbocycles. The number of para-hydroxylation sites is 1. The minimum absolute atomic E-state index is 0.263. The van der Waals surface area contributed by atoms with Crippen molar-refractivity contribution in [3.8, 4) is 5.75 Å². The normalized spacial score (nSPS) is 12.5. The molecule has 3 rings (SSSR count). The number of hydrogen-bond donors (Lipinski definition) is 1. The van der Waals surface area contributed by atoms with E-state index in [9.17, 15) is 8.42 Å². The second kappa shape index (κ2) is 9.04. The predicted molar refractivity (Wildman–Crippen MR) is 112 cm³/mol. The summed E-state index contributed by atoms with van der Waals surface area (Å²) in [6, 6.07) is 23.9. The van der Waals surface area contributed by atoms with Crippen molar-refractivity contribution in [3.05, 3.63) is 95.6 Å². The summed E-state index contributed by atoms with van der Waals surface area (Å²) in [6.07, 6.45) is 0.517. The van der Waals surface area contributed by atoms with Crippen molar-refractivity contribution in [3.63, 3.8) is 0 Å². The fourth-order valence-electron chi connectivity index (χ4n) is 2.96. The summed E-state index contributed by atoms with van der Waals surface area (Å²) < 4.78 is 34.5. The summed E-state index contributed by atoms with van der Waals surface area (Å²) >= 11 is 0. The van der Waals surface area contributed by atoms with Crippen LogP contribution in [0.25, 0.3) is 0 Å². The summed E-state index contributed by atoms with van der Waals surface area (Å²) in [4.78, 5) is 0.263. The lowest BCUT2D eigenvalue weighted by atomic mass is 10.1. The highest BCUT2D eigenvalue weighted by molar-refractivity contribution is 7.89. The maximum atomic E-state index is 12.9. The summed E-state index contributed by atoms with van der Waals surface area (Å²) in [7, 11) is -3.63. The molecule has 0 amide bonds. The van der Waals surface area contributed by atoms with Gasteiger partial charge in [0.2, 0.25) is 10.0 Å². The molecule has 0 aliphatic rings. The summed E-state index contributed by atoms with van der Waals surface area (Å²) in [5.41, 5.74) is 2.98. The molecule has 0 aromatic heterocycles. The van der Waals surface area contributed by atoms with Crippen LogP contribution in [0, 0.1) is 13.8 Å². The van der Waals surface area contributed by atoms with Crippen LogP contribution in [0.15, 0.2) is 83.8 Å². The Hall–Kier alpha value is -2.63. The van der Waals surface area contributed by atoms with Gasteiger partial charge in [-0.2, -0.15) is 0 Å². The predicted octanol–water partition coefficient (Wildman–Crippen LogP) is 4.79. The van der Waals surface area contributed by atoms with Gasteiger partial charge in [-0.05, 0) is 43.2 Å². The van der Waals surface area contributed by atoms with E-state index < -0.39 is 10.0 Å². The van der Waals surface area contributed by atoms with Gasteiger partial charge in [-0.25, -0.2) is 13.1 Å². The second-order valence-corrected chi connectivity index (χ2v) is 8.51. The van der Waals surface area contributed by atoms with E-state index in [4.69, 9.17) is 4.74 Å². The van der Waals surface area contributed by atoms with Crippen LogP contribution >= 0.6 is 0 Å². The van der Waals surface area contributed by atoms with E-state index in [2.05, 4.69) is 4.72 Å². The Kier molecular flexibility index (Phi) is 6.49. The molecule has 5 heteroatoms. The van der Waals surface area contributed by atoms with Crippen LogP contribution in [0.4, 0.5) is 0 Å². The average molecular weight is 396 g/mol. The molecular weight excluding hydrogens is 370 g/mol. The van der Waals surface area contributed by atoms with Gasteiger partial charge < -0.3 is 4.74 Å². The number of rotatable bonds is 8. The zero-order valence-corrected chi connectivity index (χ0v) is 16.9. The minimum atomic E-state index is -3.63. The van der Waals surface area contributed by atoms with Crippen molar-refractivity contribution in [2.24, 2.45) is 0 Å². The molecule has 146 valence electrons. The maximum Gasteiger partial charge on any atom is 0.241 e. The van der Waals surface area contributed by atoms with Gasteiger partial charge in [-0.15, -0.1) is 0 Å². The lowest BCUT2D eigenvalue weighted by Crippen LogP contribution is -2.30. The fraction of sp³-hybridized carbons (Fsp3) is 0.217. The van der Waals surface area contributed by atoms with E-state index >= 15 is 0 Å². The first-order valence-electron chi connectivity index (χ1n) is 9.28. The first-order chi connectivity index (χ1) is 13.5. The van der Waals surface area contributed by atoms with Crippen LogP contribution in [-0.2, 0) is 10.0 Å². The van der Waals surface area contributed by atoms with Crippen LogP contribution in [0.5, 0.6) is 5.75 Å².